The summed E-state index contributed by atoms with van der Waals surface area (Å²) in [5.41, 5.74) is 1.79. The molecule has 1 aromatic heterocycles. The third-order valence-electron chi connectivity index (χ3n) is 3.42. The summed E-state index contributed by atoms with van der Waals surface area (Å²) in [6, 6.07) is 1.69. The van der Waals surface area contributed by atoms with Gasteiger partial charge in [0.2, 0.25) is 5.91 Å². The average Bonchev–Trinajstić information content (AvgIpc) is 2.73. The van der Waals surface area contributed by atoms with Crippen molar-refractivity contribution in [3.05, 3.63) is 24.0 Å². The van der Waals surface area contributed by atoms with Crippen LogP contribution in [0, 0.1) is 6.92 Å². The second-order valence-electron chi connectivity index (χ2n) is 4.73. The molecule has 5 heteroatoms. The number of likely N-dealkylation sites (N-methyl/N-ethyl adjacent to an activating group) is 1. The van der Waals surface area contributed by atoms with E-state index in [-0.39, 0.29) is 18.1 Å². The first-order chi connectivity index (χ1) is 8.61. The summed E-state index contributed by atoms with van der Waals surface area (Å²) < 4.78 is 5.30. The van der Waals surface area contributed by atoms with Crippen molar-refractivity contribution < 1.29 is 9.53 Å². The zero-order valence-electron chi connectivity index (χ0n) is 11.0. The summed E-state index contributed by atoms with van der Waals surface area (Å²) in [5.74, 6) is 0.0198. The van der Waals surface area contributed by atoms with Gasteiger partial charge in [0.1, 0.15) is 0 Å². The van der Waals surface area contributed by atoms with Crippen LogP contribution in [-0.4, -0.2) is 48.6 Å². The minimum atomic E-state index is -0.123. The molecular weight excluding hydrogens is 230 g/mol. The quantitative estimate of drug-likeness (QED) is 0.870. The predicted molar refractivity (Wildman–Crippen MR) is 69.4 cm³/mol. The maximum atomic E-state index is 12.2. The number of hydrogen-bond acceptors (Lipinski definition) is 4. The van der Waals surface area contributed by atoms with Crippen molar-refractivity contribution in [1.82, 2.24) is 9.88 Å². The Morgan fingerprint density at radius 1 is 1.61 bits per heavy atom. The fourth-order valence-corrected chi connectivity index (χ4v) is 2.26. The molecule has 1 fully saturated rings. The second-order valence-corrected chi connectivity index (χ2v) is 4.73. The number of nitrogens with zero attached hydrogens (tertiary/aromatic N) is 2. The number of carbonyl (C=O) groups excluding carboxylic acids is 1. The molecule has 0 radical (unpaired) electrons. The standard InChI is InChI=1S/C13H19N3O2/c1-9-7-14-5-4-11(9)15-13(17)12-6-10(18-3)8-16(12)2/h4-5,7,10,12H,6,8H2,1-3H3,(H,14,15,17)/t10-,12-/m0/s1. The first kappa shape index (κ1) is 13.0. The Bertz CT molecular complexity index is 436. The van der Waals surface area contributed by atoms with Crippen LogP contribution in [0.3, 0.4) is 0 Å². The SMILES string of the molecule is CO[C@H]1C[C@@H](C(=O)Nc2ccncc2C)N(C)C1. The number of likely N-dealkylation sites (tertiary alicyclic amines) is 1. The number of anilines is 1. The van der Waals surface area contributed by atoms with Crippen LogP contribution >= 0.6 is 0 Å². The van der Waals surface area contributed by atoms with Crippen molar-refractivity contribution >= 4 is 11.6 Å². The van der Waals surface area contributed by atoms with Crippen LogP contribution in [-0.2, 0) is 9.53 Å². The number of rotatable bonds is 3. The number of pyridine rings is 1. The molecule has 98 valence electrons. The van der Waals surface area contributed by atoms with E-state index in [2.05, 4.69) is 10.3 Å². The molecule has 1 amide bonds. The van der Waals surface area contributed by atoms with E-state index in [0.29, 0.717) is 0 Å². The molecule has 18 heavy (non-hydrogen) atoms. The number of aryl methyl sites for hydroxylation is 1. The maximum absolute atomic E-state index is 12.2. The minimum Gasteiger partial charge on any atom is -0.380 e. The zero-order valence-corrected chi connectivity index (χ0v) is 11.0. The van der Waals surface area contributed by atoms with Gasteiger partial charge in [-0.3, -0.25) is 14.7 Å². The van der Waals surface area contributed by atoms with Crippen LogP contribution in [0.5, 0.6) is 0 Å². The fraction of sp³-hybridized carbons (Fsp3) is 0.538. The van der Waals surface area contributed by atoms with Gasteiger partial charge in [-0.15, -0.1) is 0 Å². The van der Waals surface area contributed by atoms with Crippen LogP contribution in [0.1, 0.15) is 12.0 Å². The molecule has 2 rings (SSSR count). The molecule has 5 nitrogen and oxygen atoms in total. The number of nitrogens with one attached hydrogen (secondary N) is 1. The normalized spacial score (nSPS) is 24.2. The molecule has 0 bridgehead atoms. The zero-order chi connectivity index (χ0) is 13.1. The maximum Gasteiger partial charge on any atom is 0.241 e. The minimum absolute atomic E-state index is 0.0198. The van der Waals surface area contributed by atoms with Gasteiger partial charge in [-0.25, -0.2) is 0 Å². The summed E-state index contributed by atoms with van der Waals surface area (Å²) in [6.07, 6.45) is 4.30. The molecule has 1 aliphatic heterocycles. The van der Waals surface area contributed by atoms with E-state index in [9.17, 15) is 4.79 Å². The van der Waals surface area contributed by atoms with Gasteiger partial charge in [0, 0.05) is 31.7 Å². The lowest BCUT2D eigenvalue weighted by atomic mass is 10.1. The monoisotopic (exact) mass is 249 g/mol. The summed E-state index contributed by atoms with van der Waals surface area (Å²) in [7, 11) is 3.63. The van der Waals surface area contributed by atoms with Crippen LogP contribution in [0.2, 0.25) is 0 Å². The van der Waals surface area contributed by atoms with E-state index in [4.69, 9.17) is 4.74 Å². The summed E-state index contributed by atoms with van der Waals surface area (Å²) >= 11 is 0. The highest BCUT2D eigenvalue weighted by molar-refractivity contribution is 5.95. The van der Waals surface area contributed by atoms with E-state index in [0.717, 1.165) is 24.2 Å². The van der Waals surface area contributed by atoms with Gasteiger partial charge >= 0.3 is 0 Å². The first-order valence-electron chi connectivity index (χ1n) is 6.06. The number of amides is 1. The van der Waals surface area contributed by atoms with Crippen molar-refractivity contribution in [3.8, 4) is 0 Å². The lowest BCUT2D eigenvalue weighted by Crippen LogP contribution is -2.37. The number of hydrogen-bond donors (Lipinski definition) is 1. The van der Waals surface area contributed by atoms with Gasteiger partial charge < -0.3 is 10.1 Å². The molecule has 2 heterocycles. The molecule has 0 spiro atoms. The molecule has 1 aliphatic rings. The molecule has 0 aliphatic carbocycles. The Balaban J connectivity index is 2.03. The van der Waals surface area contributed by atoms with Gasteiger partial charge in [0.05, 0.1) is 12.1 Å². The van der Waals surface area contributed by atoms with Gasteiger partial charge in [-0.1, -0.05) is 0 Å². The molecule has 0 aromatic carbocycles. The largest absolute Gasteiger partial charge is 0.380 e. The van der Waals surface area contributed by atoms with Gasteiger partial charge in [-0.2, -0.15) is 0 Å². The second kappa shape index (κ2) is 5.46. The smallest absolute Gasteiger partial charge is 0.241 e. The van der Waals surface area contributed by atoms with Crippen LogP contribution < -0.4 is 5.32 Å². The van der Waals surface area contributed by atoms with Crippen LogP contribution in [0.4, 0.5) is 5.69 Å². The number of ether oxygens (including phenoxy) is 1. The Hall–Kier alpha value is -1.46. The van der Waals surface area contributed by atoms with Crippen molar-refractivity contribution in [2.45, 2.75) is 25.5 Å². The molecule has 1 saturated heterocycles. The Morgan fingerprint density at radius 3 is 3.00 bits per heavy atom. The highest BCUT2D eigenvalue weighted by Gasteiger charge is 2.34. The summed E-state index contributed by atoms with van der Waals surface area (Å²) in [4.78, 5) is 18.2. The highest BCUT2D eigenvalue weighted by Crippen LogP contribution is 2.20. The van der Waals surface area contributed by atoms with Crippen molar-refractivity contribution in [2.75, 3.05) is 26.0 Å². The number of methoxy groups -OCH3 is 1. The van der Waals surface area contributed by atoms with E-state index in [1.807, 2.05) is 24.9 Å². The van der Waals surface area contributed by atoms with Crippen molar-refractivity contribution in [1.29, 1.82) is 0 Å². The van der Waals surface area contributed by atoms with E-state index in [1.54, 1.807) is 19.5 Å². The van der Waals surface area contributed by atoms with Crippen molar-refractivity contribution in [3.63, 3.8) is 0 Å². The van der Waals surface area contributed by atoms with Crippen LogP contribution in [0.25, 0.3) is 0 Å². The Labute approximate surface area is 107 Å². The molecule has 1 aromatic rings. The van der Waals surface area contributed by atoms with Crippen molar-refractivity contribution in [2.24, 2.45) is 0 Å². The Kier molecular flexibility index (Phi) is 3.93. The number of carbonyl (C=O) groups is 1. The van der Waals surface area contributed by atoms with E-state index >= 15 is 0 Å². The van der Waals surface area contributed by atoms with Crippen LogP contribution in [0.15, 0.2) is 18.5 Å². The molecule has 0 unspecified atom stereocenters. The molecule has 0 saturated carbocycles. The highest BCUT2D eigenvalue weighted by atomic mass is 16.5. The third kappa shape index (κ3) is 2.68. The van der Waals surface area contributed by atoms with E-state index in [1.165, 1.54) is 0 Å². The Morgan fingerprint density at radius 2 is 2.39 bits per heavy atom. The van der Waals surface area contributed by atoms with Gasteiger partial charge in [-0.05, 0) is 32.0 Å². The summed E-state index contributed by atoms with van der Waals surface area (Å²) in [6.45, 7) is 2.73. The first-order valence-corrected chi connectivity index (χ1v) is 6.06. The molecular formula is C13H19N3O2. The lowest BCUT2D eigenvalue weighted by Gasteiger charge is -2.18. The lowest BCUT2D eigenvalue weighted by molar-refractivity contribution is -0.120. The predicted octanol–water partition coefficient (Wildman–Crippen LogP) is 1.05. The van der Waals surface area contributed by atoms with Gasteiger partial charge in [0.25, 0.3) is 0 Å². The molecule has 1 N–H and O–H groups in total. The fourth-order valence-electron chi connectivity index (χ4n) is 2.26. The third-order valence-corrected chi connectivity index (χ3v) is 3.42. The van der Waals surface area contributed by atoms with E-state index < -0.39 is 0 Å². The number of aromatic nitrogens is 1. The summed E-state index contributed by atoms with van der Waals surface area (Å²) in [5, 5.41) is 2.95. The van der Waals surface area contributed by atoms with Gasteiger partial charge in [0.15, 0.2) is 0 Å². The topological polar surface area (TPSA) is 54.5 Å². The average molecular weight is 249 g/mol. The molecule has 2 atom stereocenters.